The van der Waals surface area contributed by atoms with Crippen molar-refractivity contribution in [3.63, 3.8) is 0 Å². The SMILES string of the molecule is COc1ccccc1C(=O)N1CCSc2nnc(COc3ccc4c(c3)CCC4)n21. The topological polar surface area (TPSA) is 69.5 Å². The monoisotopic (exact) mass is 422 g/mol. The second kappa shape index (κ2) is 8.02. The van der Waals surface area contributed by atoms with Gasteiger partial charge in [0.1, 0.15) is 18.1 Å². The largest absolute Gasteiger partial charge is 0.496 e. The third-order valence-electron chi connectivity index (χ3n) is 5.46. The van der Waals surface area contributed by atoms with Crippen molar-refractivity contribution in [2.24, 2.45) is 0 Å². The van der Waals surface area contributed by atoms with Gasteiger partial charge in [-0.15, -0.1) is 10.2 Å². The zero-order valence-corrected chi connectivity index (χ0v) is 17.5. The number of aromatic nitrogens is 3. The molecule has 3 aromatic rings. The Labute approximate surface area is 179 Å². The summed E-state index contributed by atoms with van der Waals surface area (Å²) >= 11 is 1.58. The number of methoxy groups -OCH3 is 1. The summed E-state index contributed by atoms with van der Waals surface area (Å²) in [5.41, 5.74) is 3.28. The average molecular weight is 423 g/mol. The van der Waals surface area contributed by atoms with E-state index in [4.69, 9.17) is 9.47 Å². The van der Waals surface area contributed by atoms with Crippen molar-refractivity contribution >= 4 is 17.7 Å². The molecule has 7 nitrogen and oxygen atoms in total. The van der Waals surface area contributed by atoms with Crippen LogP contribution in [0.15, 0.2) is 47.6 Å². The first-order valence-corrected chi connectivity index (χ1v) is 11.0. The van der Waals surface area contributed by atoms with E-state index in [1.807, 2.05) is 18.2 Å². The number of amides is 1. The average Bonchev–Trinajstić information content (AvgIpc) is 3.43. The number of fused-ring (bicyclic) bond motifs is 2. The molecule has 2 aromatic carbocycles. The first-order chi connectivity index (χ1) is 14.7. The number of carbonyl (C=O) groups excluding carboxylic acids is 1. The number of hydrogen-bond acceptors (Lipinski definition) is 6. The number of para-hydroxylation sites is 1. The first-order valence-electron chi connectivity index (χ1n) is 10.0. The van der Waals surface area contributed by atoms with Gasteiger partial charge in [-0.1, -0.05) is 30.0 Å². The maximum absolute atomic E-state index is 13.3. The van der Waals surface area contributed by atoms with Crippen LogP contribution in [-0.4, -0.2) is 40.2 Å². The summed E-state index contributed by atoms with van der Waals surface area (Å²) in [6.07, 6.45) is 3.45. The molecule has 0 radical (unpaired) electrons. The molecule has 0 unspecified atom stereocenters. The molecular weight excluding hydrogens is 400 g/mol. The molecule has 0 N–H and O–H groups in total. The predicted molar refractivity (Wildman–Crippen MR) is 114 cm³/mol. The van der Waals surface area contributed by atoms with Crippen molar-refractivity contribution in [3.05, 3.63) is 65.0 Å². The molecular formula is C22H22N4O3S. The van der Waals surface area contributed by atoms with Gasteiger partial charge < -0.3 is 9.47 Å². The summed E-state index contributed by atoms with van der Waals surface area (Å²) in [5, 5.41) is 10.9. The number of hydrogen-bond donors (Lipinski definition) is 0. The summed E-state index contributed by atoms with van der Waals surface area (Å²) < 4.78 is 13.2. The van der Waals surface area contributed by atoms with Crippen molar-refractivity contribution in [2.75, 3.05) is 24.4 Å². The van der Waals surface area contributed by atoms with Gasteiger partial charge in [-0.05, 0) is 54.7 Å². The summed E-state index contributed by atoms with van der Waals surface area (Å²) in [6.45, 7) is 0.792. The minimum absolute atomic E-state index is 0.146. The van der Waals surface area contributed by atoms with Crippen LogP contribution < -0.4 is 14.5 Å². The Hall–Kier alpha value is -3.00. The molecule has 2 heterocycles. The Bertz CT molecular complexity index is 1100. The highest BCUT2D eigenvalue weighted by Crippen LogP contribution is 2.28. The zero-order valence-electron chi connectivity index (χ0n) is 16.7. The Kier molecular flexibility index (Phi) is 5.08. The highest BCUT2D eigenvalue weighted by molar-refractivity contribution is 7.99. The van der Waals surface area contributed by atoms with Gasteiger partial charge in [0.05, 0.1) is 19.2 Å². The summed E-state index contributed by atoms with van der Waals surface area (Å²) in [4.78, 5) is 13.3. The molecule has 30 heavy (non-hydrogen) atoms. The Morgan fingerprint density at radius 3 is 2.90 bits per heavy atom. The Morgan fingerprint density at radius 2 is 2.00 bits per heavy atom. The third kappa shape index (κ3) is 3.41. The van der Waals surface area contributed by atoms with Gasteiger partial charge in [0.2, 0.25) is 5.16 Å². The van der Waals surface area contributed by atoms with E-state index in [-0.39, 0.29) is 12.5 Å². The lowest BCUT2D eigenvalue weighted by Gasteiger charge is -2.29. The molecule has 1 amide bonds. The van der Waals surface area contributed by atoms with Gasteiger partial charge in [-0.2, -0.15) is 0 Å². The maximum Gasteiger partial charge on any atom is 0.276 e. The van der Waals surface area contributed by atoms with Crippen molar-refractivity contribution in [1.29, 1.82) is 0 Å². The van der Waals surface area contributed by atoms with Crippen LogP contribution in [0.2, 0.25) is 0 Å². The smallest absolute Gasteiger partial charge is 0.276 e. The third-order valence-corrected chi connectivity index (χ3v) is 6.36. The fourth-order valence-corrected chi connectivity index (χ4v) is 4.85. The molecule has 0 spiro atoms. The van der Waals surface area contributed by atoms with Gasteiger partial charge in [0.15, 0.2) is 5.82 Å². The molecule has 8 heteroatoms. The minimum Gasteiger partial charge on any atom is -0.496 e. The van der Waals surface area contributed by atoms with Crippen molar-refractivity contribution in [2.45, 2.75) is 31.0 Å². The molecule has 0 bridgehead atoms. The number of benzene rings is 2. The zero-order chi connectivity index (χ0) is 20.5. The quantitative estimate of drug-likeness (QED) is 0.629. The normalized spacial score (nSPS) is 14.9. The number of aryl methyl sites for hydroxylation is 2. The highest BCUT2D eigenvalue weighted by Gasteiger charge is 2.29. The predicted octanol–water partition coefficient (Wildman–Crippen LogP) is 3.24. The fourth-order valence-electron chi connectivity index (χ4n) is 3.98. The molecule has 2 aliphatic rings. The lowest BCUT2D eigenvalue weighted by atomic mass is 10.1. The van der Waals surface area contributed by atoms with Gasteiger partial charge in [-0.3, -0.25) is 4.79 Å². The van der Waals surface area contributed by atoms with E-state index in [0.717, 1.165) is 24.3 Å². The number of ether oxygens (including phenoxy) is 2. The van der Waals surface area contributed by atoms with Crippen molar-refractivity contribution in [1.82, 2.24) is 14.9 Å². The van der Waals surface area contributed by atoms with Gasteiger partial charge in [0.25, 0.3) is 5.91 Å². The Balaban J connectivity index is 1.40. The van der Waals surface area contributed by atoms with Crippen molar-refractivity contribution in [3.8, 4) is 11.5 Å². The summed E-state index contributed by atoms with van der Waals surface area (Å²) in [6, 6.07) is 13.5. The number of thioether (sulfide) groups is 1. The van der Waals surface area contributed by atoms with Crippen LogP contribution in [0.1, 0.15) is 33.7 Å². The number of carbonyl (C=O) groups is 1. The molecule has 154 valence electrons. The lowest BCUT2D eigenvalue weighted by Crippen LogP contribution is -2.45. The number of rotatable bonds is 5. The van der Waals surface area contributed by atoms with E-state index in [1.165, 1.54) is 17.5 Å². The molecule has 0 atom stereocenters. The van der Waals surface area contributed by atoms with E-state index in [9.17, 15) is 4.79 Å². The number of nitrogens with zero attached hydrogens (tertiary/aromatic N) is 4. The van der Waals surface area contributed by atoms with E-state index < -0.39 is 0 Å². The van der Waals surface area contributed by atoms with E-state index in [2.05, 4.69) is 22.3 Å². The summed E-state index contributed by atoms with van der Waals surface area (Å²) in [5.74, 6) is 2.57. The van der Waals surface area contributed by atoms with Gasteiger partial charge in [0, 0.05) is 5.75 Å². The summed E-state index contributed by atoms with van der Waals surface area (Å²) in [7, 11) is 1.57. The van der Waals surface area contributed by atoms with Crippen LogP contribution in [-0.2, 0) is 19.4 Å². The fraction of sp³-hybridized carbons (Fsp3) is 0.318. The first kappa shape index (κ1) is 19.0. The second-order valence-corrected chi connectivity index (χ2v) is 8.32. The molecule has 1 aliphatic heterocycles. The highest BCUT2D eigenvalue weighted by atomic mass is 32.2. The van der Waals surface area contributed by atoms with Crippen molar-refractivity contribution < 1.29 is 14.3 Å². The van der Waals surface area contributed by atoms with Gasteiger partial charge >= 0.3 is 0 Å². The molecule has 5 rings (SSSR count). The molecule has 1 aromatic heterocycles. The van der Waals surface area contributed by atoms with E-state index in [1.54, 1.807) is 40.7 Å². The standard InChI is InChI=1S/C22H22N4O3S/c1-28-19-8-3-2-7-18(19)21(27)25-11-12-30-22-24-23-20(26(22)25)14-29-17-10-9-15-5-4-6-16(15)13-17/h2-3,7-10,13H,4-6,11-12,14H2,1H3. The molecule has 0 fully saturated rings. The maximum atomic E-state index is 13.3. The van der Waals surface area contributed by atoms with E-state index >= 15 is 0 Å². The van der Waals surface area contributed by atoms with Crippen LogP contribution >= 0.6 is 11.8 Å². The van der Waals surface area contributed by atoms with Crippen LogP contribution in [0, 0.1) is 0 Å². The van der Waals surface area contributed by atoms with E-state index in [0.29, 0.717) is 28.8 Å². The minimum atomic E-state index is -0.146. The second-order valence-electron chi connectivity index (χ2n) is 7.26. The van der Waals surface area contributed by atoms with Gasteiger partial charge in [-0.25, -0.2) is 9.69 Å². The van der Waals surface area contributed by atoms with Crippen LogP contribution in [0.3, 0.4) is 0 Å². The molecule has 0 saturated heterocycles. The Morgan fingerprint density at radius 1 is 1.13 bits per heavy atom. The molecule has 0 saturated carbocycles. The van der Waals surface area contributed by atoms with Crippen LogP contribution in [0.4, 0.5) is 0 Å². The van der Waals surface area contributed by atoms with Crippen LogP contribution in [0.5, 0.6) is 11.5 Å². The lowest BCUT2D eigenvalue weighted by molar-refractivity contribution is 0.0949. The molecule has 1 aliphatic carbocycles. The van der Waals surface area contributed by atoms with Crippen LogP contribution in [0.25, 0.3) is 0 Å².